The van der Waals surface area contributed by atoms with E-state index in [1.54, 1.807) is 18.4 Å². The van der Waals surface area contributed by atoms with E-state index in [0.717, 1.165) is 25.8 Å². The average Bonchev–Trinajstić information content (AvgIpc) is 2.97. The average molecular weight is 282 g/mol. The van der Waals surface area contributed by atoms with E-state index >= 15 is 0 Å². The molecule has 1 aromatic rings. The van der Waals surface area contributed by atoms with Gasteiger partial charge in [-0.05, 0) is 41.7 Å². The van der Waals surface area contributed by atoms with Crippen LogP contribution in [0.15, 0.2) is 16.8 Å². The molecule has 106 valence electrons. The normalized spacial score (nSPS) is 23.6. The van der Waals surface area contributed by atoms with Crippen LogP contribution in [0.1, 0.15) is 24.8 Å². The lowest BCUT2D eigenvalue weighted by Crippen LogP contribution is -2.51. The van der Waals surface area contributed by atoms with Crippen LogP contribution in [0.4, 0.5) is 0 Å². The largest absolute Gasteiger partial charge is 0.381 e. The van der Waals surface area contributed by atoms with Crippen molar-refractivity contribution in [3.63, 3.8) is 0 Å². The molecule has 1 aliphatic rings. The van der Waals surface area contributed by atoms with Crippen molar-refractivity contribution in [2.45, 2.75) is 37.8 Å². The highest BCUT2D eigenvalue weighted by Crippen LogP contribution is 2.20. The third kappa shape index (κ3) is 3.78. The fourth-order valence-electron chi connectivity index (χ4n) is 2.61. The molecule has 1 aliphatic heterocycles. The zero-order valence-corrected chi connectivity index (χ0v) is 12.2. The van der Waals surface area contributed by atoms with E-state index in [9.17, 15) is 4.79 Å². The number of carbonyl (C=O) groups excluding carboxylic acids is 1. The molecule has 0 unspecified atom stereocenters. The highest BCUT2D eigenvalue weighted by Gasteiger charge is 2.30. The van der Waals surface area contributed by atoms with Crippen LogP contribution in [0.3, 0.4) is 0 Å². The number of rotatable bonds is 5. The van der Waals surface area contributed by atoms with Crippen LogP contribution in [-0.4, -0.2) is 43.2 Å². The van der Waals surface area contributed by atoms with Crippen LogP contribution in [0.5, 0.6) is 0 Å². The minimum Gasteiger partial charge on any atom is -0.381 e. The molecule has 0 aromatic carbocycles. The lowest BCUT2D eigenvalue weighted by molar-refractivity contribution is -0.136. The second kappa shape index (κ2) is 7.03. The van der Waals surface area contributed by atoms with Gasteiger partial charge >= 0.3 is 0 Å². The van der Waals surface area contributed by atoms with Crippen molar-refractivity contribution < 1.29 is 9.53 Å². The third-order valence-corrected chi connectivity index (χ3v) is 4.53. The molecule has 0 radical (unpaired) electrons. The Morgan fingerprint density at radius 1 is 1.63 bits per heavy atom. The molecule has 2 heterocycles. The maximum atomic E-state index is 12.3. The summed E-state index contributed by atoms with van der Waals surface area (Å²) in [5.74, 6) is 0.219. The van der Waals surface area contributed by atoms with Gasteiger partial charge in [0.1, 0.15) is 0 Å². The standard InChI is InChI=1S/C14H22N2O2S/c1-18-13-4-6-16(12(8-13)9-15)14(17)3-2-11-5-7-19-10-11/h5,7,10,12-13H,2-4,6,8-9,15H2,1H3/t12-,13-/m0/s1. The first-order valence-electron chi connectivity index (χ1n) is 6.78. The van der Waals surface area contributed by atoms with E-state index in [1.807, 2.05) is 10.3 Å². The van der Waals surface area contributed by atoms with Crippen LogP contribution in [0, 0.1) is 0 Å². The number of nitrogens with two attached hydrogens (primary N) is 1. The van der Waals surface area contributed by atoms with Crippen LogP contribution < -0.4 is 5.73 Å². The number of piperidine rings is 1. The number of amides is 1. The highest BCUT2D eigenvalue weighted by molar-refractivity contribution is 7.07. The van der Waals surface area contributed by atoms with Crippen LogP contribution in [0.2, 0.25) is 0 Å². The Hall–Kier alpha value is -0.910. The fourth-order valence-corrected chi connectivity index (χ4v) is 3.31. The molecule has 1 fully saturated rings. The SMILES string of the molecule is CO[C@H]1CCN(C(=O)CCc2ccsc2)[C@H](CN)C1. The Balaban J connectivity index is 1.87. The van der Waals surface area contributed by atoms with E-state index in [2.05, 4.69) is 11.4 Å². The molecule has 4 nitrogen and oxygen atoms in total. The first-order chi connectivity index (χ1) is 9.24. The number of aryl methyl sites for hydroxylation is 1. The Bertz CT molecular complexity index is 394. The summed E-state index contributed by atoms with van der Waals surface area (Å²) in [6, 6.07) is 2.21. The second-order valence-electron chi connectivity index (χ2n) is 4.99. The van der Waals surface area contributed by atoms with E-state index in [-0.39, 0.29) is 18.1 Å². The predicted octanol–water partition coefficient (Wildman–Crippen LogP) is 1.65. The summed E-state index contributed by atoms with van der Waals surface area (Å²) >= 11 is 1.67. The summed E-state index contributed by atoms with van der Waals surface area (Å²) in [6.45, 7) is 1.28. The van der Waals surface area contributed by atoms with Gasteiger partial charge in [0, 0.05) is 32.7 Å². The summed E-state index contributed by atoms with van der Waals surface area (Å²) in [6.07, 6.45) is 3.41. The van der Waals surface area contributed by atoms with Gasteiger partial charge in [-0.25, -0.2) is 0 Å². The van der Waals surface area contributed by atoms with Crippen LogP contribution in [0.25, 0.3) is 0 Å². The molecule has 0 saturated carbocycles. The summed E-state index contributed by atoms with van der Waals surface area (Å²) in [7, 11) is 1.73. The molecule has 1 aromatic heterocycles. The molecule has 0 bridgehead atoms. The van der Waals surface area contributed by atoms with Gasteiger partial charge in [0.2, 0.25) is 5.91 Å². The van der Waals surface area contributed by atoms with Gasteiger partial charge in [-0.2, -0.15) is 11.3 Å². The maximum absolute atomic E-state index is 12.3. The number of carbonyl (C=O) groups is 1. The number of thiophene rings is 1. The molecule has 2 N–H and O–H groups in total. The maximum Gasteiger partial charge on any atom is 0.223 e. The topological polar surface area (TPSA) is 55.6 Å². The Labute approximate surface area is 118 Å². The first kappa shape index (κ1) is 14.5. The van der Waals surface area contributed by atoms with Gasteiger partial charge in [-0.1, -0.05) is 0 Å². The minimum absolute atomic E-state index is 0.133. The van der Waals surface area contributed by atoms with Crippen molar-refractivity contribution in [2.75, 3.05) is 20.2 Å². The Morgan fingerprint density at radius 2 is 2.47 bits per heavy atom. The quantitative estimate of drug-likeness (QED) is 0.893. The van der Waals surface area contributed by atoms with Gasteiger partial charge in [0.15, 0.2) is 0 Å². The molecular weight excluding hydrogens is 260 g/mol. The van der Waals surface area contributed by atoms with Crippen LogP contribution >= 0.6 is 11.3 Å². The van der Waals surface area contributed by atoms with E-state index in [1.165, 1.54) is 5.56 Å². The summed E-state index contributed by atoms with van der Waals surface area (Å²) < 4.78 is 5.38. The minimum atomic E-state index is 0.133. The lowest BCUT2D eigenvalue weighted by Gasteiger charge is -2.38. The summed E-state index contributed by atoms with van der Waals surface area (Å²) in [5.41, 5.74) is 7.04. The predicted molar refractivity (Wildman–Crippen MR) is 77.2 cm³/mol. The highest BCUT2D eigenvalue weighted by atomic mass is 32.1. The van der Waals surface area contributed by atoms with Gasteiger partial charge in [-0.3, -0.25) is 4.79 Å². The first-order valence-corrected chi connectivity index (χ1v) is 7.72. The summed E-state index contributed by atoms with van der Waals surface area (Å²) in [5, 5.41) is 4.15. The van der Waals surface area contributed by atoms with Gasteiger partial charge in [0.05, 0.1) is 6.10 Å². The van der Waals surface area contributed by atoms with Crippen molar-refractivity contribution in [3.05, 3.63) is 22.4 Å². The third-order valence-electron chi connectivity index (χ3n) is 3.80. The fraction of sp³-hybridized carbons (Fsp3) is 0.643. The molecule has 2 atom stereocenters. The molecular formula is C14H22N2O2S. The molecule has 5 heteroatoms. The number of ether oxygens (including phenoxy) is 1. The smallest absolute Gasteiger partial charge is 0.223 e. The van der Waals surface area contributed by atoms with Crippen molar-refractivity contribution in [3.8, 4) is 0 Å². The molecule has 2 rings (SSSR count). The second-order valence-corrected chi connectivity index (χ2v) is 5.77. The van der Waals surface area contributed by atoms with Gasteiger partial charge in [-0.15, -0.1) is 0 Å². The van der Waals surface area contributed by atoms with E-state index in [0.29, 0.717) is 13.0 Å². The lowest BCUT2D eigenvalue weighted by atomic mass is 9.98. The van der Waals surface area contributed by atoms with Crippen LogP contribution in [-0.2, 0) is 16.0 Å². The number of hydrogen-bond donors (Lipinski definition) is 1. The number of methoxy groups -OCH3 is 1. The van der Waals surface area contributed by atoms with Gasteiger partial charge in [0.25, 0.3) is 0 Å². The number of likely N-dealkylation sites (tertiary alicyclic amines) is 1. The summed E-state index contributed by atoms with van der Waals surface area (Å²) in [4.78, 5) is 14.2. The van der Waals surface area contributed by atoms with Crippen molar-refractivity contribution in [1.29, 1.82) is 0 Å². The van der Waals surface area contributed by atoms with E-state index < -0.39 is 0 Å². The zero-order chi connectivity index (χ0) is 13.7. The van der Waals surface area contributed by atoms with E-state index in [4.69, 9.17) is 10.5 Å². The molecule has 19 heavy (non-hydrogen) atoms. The molecule has 0 spiro atoms. The number of nitrogens with zero attached hydrogens (tertiary/aromatic N) is 1. The molecule has 1 saturated heterocycles. The van der Waals surface area contributed by atoms with Crippen molar-refractivity contribution >= 4 is 17.2 Å². The van der Waals surface area contributed by atoms with Crippen molar-refractivity contribution in [1.82, 2.24) is 4.90 Å². The Kier molecular flexibility index (Phi) is 5.36. The van der Waals surface area contributed by atoms with Gasteiger partial charge < -0.3 is 15.4 Å². The monoisotopic (exact) mass is 282 g/mol. The molecule has 0 aliphatic carbocycles. The van der Waals surface area contributed by atoms with Crippen molar-refractivity contribution in [2.24, 2.45) is 5.73 Å². The number of hydrogen-bond acceptors (Lipinski definition) is 4. The molecule has 1 amide bonds. The zero-order valence-electron chi connectivity index (χ0n) is 11.4. The Morgan fingerprint density at radius 3 is 3.11 bits per heavy atom.